The van der Waals surface area contributed by atoms with Crippen LogP contribution in [0.4, 0.5) is 0 Å². The van der Waals surface area contributed by atoms with Crippen molar-refractivity contribution in [1.82, 2.24) is 15.1 Å². The molecular weight excluding hydrogens is 242 g/mol. The molecule has 0 spiro atoms. The minimum Gasteiger partial charge on any atom is -0.468 e. The van der Waals surface area contributed by atoms with Gasteiger partial charge in [-0.2, -0.15) is 0 Å². The maximum absolute atomic E-state index is 11.8. The zero-order valence-electron chi connectivity index (χ0n) is 13.0. The van der Waals surface area contributed by atoms with Crippen molar-refractivity contribution in [3.63, 3.8) is 0 Å². The average molecular weight is 271 g/mol. The minimum atomic E-state index is -0.231. The number of rotatable bonds is 6. The number of piperazine rings is 1. The van der Waals surface area contributed by atoms with Gasteiger partial charge in [-0.15, -0.1) is 0 Å². The van der Waals surface area contributed by atoms with E-state index >= 15 is 0 Å². The number of nitrogens with zero attached hydrogens (tertiary/aromatic N) is 2. The first-order valence-corrected chi connectivity index (χ1v) is 7.24. The zero-order valence-corrected chi connectivity index (χ0v) is 13.0. The second-order valence-corrected chi connectivity index (χ2v) is 5.70. The van der Waals surface area contributed by atoms with Crippen LogP contribution in [0.3, 0.4) is 0 Å². The summed E-state index contributed by atoms with van der Waals surface area (Å²) >= 11 is 0. The van der Waals surface area contributed by atoms with E-state index in [1.54, 1.807) is 0 Å². The highest BCUT2D eigenvalue weighted by molar-refractivity contribution is 5.76. The molecule has 1 saturated heterocycles. The summed E-state index contributed by atoms with van der Waals surface area (Å²) in [5, 5.41) is 3.29. The lowest BCUT2D eigenvalue weighted by Gasteiger charge is -2.40. The maximum Gasteiger partial charge on any atom is 0.324 e. The van der Waals surface area contributed by atoms with E-state index in [0.717, 1.165) is 32.6 Å². The van der Waals surface area contributed by atoms with Crippen LogP contribution < -0.4 is 5.32 Å². The van der Waals surface area contributed by atoms with Crippen molar-refractivity contribution in [2.75, 3.05) is 40.3 Å². The molecule has 0 radical (unpaired) electrons. The summed E-state index contributed by atoms with van der Waals surface area (Å²) < 4.78 is 4.89. The Morgan fingerprint density at radius 2 is 2.11 bits per heavy atom. The van der Waals surface area contributed by atoms with Gasteiger partial charge >= 0.3 is 5.97 Å². The molecule has 5 heteroatoms. The molecule has 1 N–H and O–H groups in total. The Kier molecular flexibility index (Phi) is 6.75. The fraction of sp³-hybridized carbons (Fsp3) is 0.929. The van der Waals surface area contributed by atoms with Crippen molar-refractivity contribution in [2.24, 2.45) is 0 Å². The monoisotopic (exact) mass is 271 g/mol. The van der Waals surface area contributed by atoms with Crippen LogP contribution in [0.2, 0.25) is 0 Å². The lowest BCUT2D eigenvalue weighted by Crippen LogP contribution is -2.56. The second kappa shape index (κ2) is 7.82. The van der Waals surface area contributed by atoms with Crippen LogP contribution in [-0.2, 0) is 9.53 Å². The molecule has 2 atom stereocenters. The number of likely N-dealkylation sites (N-methyl/N-ethyl adjacent to an activating group) is 1. The summed E-state index contributed by atoms with van der Waals surface area (Å²) in [5.41, 5.74) is 0. The molecule has 2 unspecified atom stereocenters. The largest absolute Gasteiger partial charge is 0.468 e. The summed E-state index contributed by atoms with van der Waals surface area (Å²) in [6.45, 7) is 10.2. The highest BCUT2D eigenvalue weighted by atomic mass is 16.5. The molecule has 0 aromatic carbocycles. The Hall–Kier alpha value is -0.650. The quantitative estimate of drug-likeness (QED) is 0.715. The van der Waals surface area contributed by atoms with E-state index in [-0.39, 0.29) is 18.1 Å². The predicted molar refractivity (Wildman–Crippen MR) is 77.2 cm³/mol. The Morgan fingerprint density at radius 1 is 1.42 bits per heavy atom. The second-order valence-electron chi connectivity index (χ2n) is 5.70. The zero-order chi connectivity index (χ0) is 14.4. The fourth-order valence-corrected chi connectivity index (χ4v) is 2.62. The molecular formula is C14H29N3O2. The standard InChI is InChI=1S/C14H29N3O2/c1-6-12-9-17(8-7-16(12)4)10-13(14(18)19-5)15-11(2)3/h11-13,15H,6-10H2,1-5H3. The highest BCUT2D eigenvalue weighted by Gasteiger charge is 2.28. The van der Waals surface area contributed by atoms with Crippen molar-refractivity contribution in [3.05, 3.63) is 0 Å². The minimum absolute atomic E-state index is 0.166. The van der Waals surface area contributed by atoms with E-state index in [4.69, 9.17) is 4.74 Å². The van der Waals surface area contributed by atoms with Crippen LogP contribution >= 0.6 is 0 Å². The van der Waals surface area contributed by atoms with Crippen molar-refractivity contribution in [2.45, 2.75) is 45.3 Å². The number of hydrogen-bond acceptors (Lipinski definition) is 5. The van der Waals surface area contributed by atoms with Gasteiger partial charge in [0.15, 0.2) is 0 Å². The van der Waals surface area contributed by atoms with Crippen molar-refractivity contribution < 1.29 is 9.53 Å². The highest BCUT2D eigenvalue weighted by Crippen LogP contribution is 2.11. The molecule has 112 valence electrons. The van der Waals surface area contributed by atoms with Gasteiger partial charge in [0.2, 0.25) is 0 Å². The molecule has 5 nitrogen and oxygen atoms in total. The molecule has 1 fully saturated rings. The number of methoxy groups -OCH3 is 1. The Balaban J connectivity index is 2.56. The van der Waals surface area contributed by atoms with Gasteiger partial charge in [-0.1, -0.05) is 20.8 Å². The third-order valence-corrected chi connectivity index (χ3v) is 3.79. The molecule has 1 rings (SSSR count). The molecule has 0 bridgehead atoms. The molecule has 1 aliphatic heterocycles. The smallest absolute Gasteiger partial charge is 0.324 e. The fourth-order valence-electron chi connectivity index (χ4n) is 2.62. The number of carbonyl (C=O) groups is 1. The lowest BCUT2D eigenvalue weighted by atomic mass is 10.1. The number of ether oxygens (including phenoxy) is 1. The third-order valence-electron chi connectivity index (χ3n) is 3.79. The molecule has 0 aromatic heterocycles. The van der Waals surface area contributed by atoms with Crippen molar-refractivity contribution in [1.29, 1.82) is 0 Å². The first kappa shape index (κ1) is 16.4. The molecule has 1 heterocycles. The number of esters is 1. The van der Waals surface area contributed by atoms with Gasteiger partial charge in [0.1, 0.15) is 6.04 Å². The molecule has 0 saturated carbocycles. The number of hydrogen-bond donors (Lipinski definition) is 1. The first-order chi connectivity index (χ1) is 8.97. The number of nitrogens with one attached hydrogen (secondary N) is 1. The van der Waals surface area contributed by atoms with Crippen molar-refractivity contribution >= 4 is 5.97 Å². The normalized spacial score (nSPS) is 23.6. The van der Waals surface area contributed by atoms with Gasteiger partial charge in [0.05, 0.1) is 7.11 Å². The Bertz CT molecular complexity index is 284. The van der Waals surface area contributed by atoms with Gasteiger partial charge in [0, 0.05) is 38.3 Å². The van der Waals surface area contributed by atoms with Crippen LogP contribution in [0.5, 0.6) is 0 Å². The predicted octanol–water partition coefficient (Wildman–Crippen LogP) is 0.552. The summed E-state index contributed by atoms with van der Waals surface area (Å²) in [5.74, 6) is -0.166. The lowest BCUT2D eigenvalue weighted by molar-refractivity contribution is -0.144. The molecule has 1 aliphatic rings. The van der Waals surface area contributed by atoms with Crippen LogP contribution in [-0.4, -0.2) is 74.2 Å². The summed E-state index contributed by atoms with van der Waals surface area (Å²) in [4.78, 5) is 16.6. The Labute approximate surface area is 117 Å². The van der Waals surface area contributed by atoms with E-state index in [9.17, 15) is 4.79 Å². The molecule has 0 aromatic rings. The summed E-state index contributed by atoms with van der Waals surface area (Å²) in [6, 6.07) is 0.635. The Morgan fingerprint density at radius 3 is 2.63 bits per heavy atom. The average Bonchev–Trinajstić information content (AvgIpc) is 2.38. The van der Waals surface area contributed by atoms with E-state index in [0.29, 0.717) is 6.04 Å². The van der Waals surface area contributed by atoms with Crippen LogP contribution in [0, 0.1) is 0 Å². The van der Waals surface area contributed by atoms with Gasteiger partial charge in [0.25, 0.3) is 0 Å². The van der Waals surface area contributed by atoms with Gasteiger partial charge in [-0.05, 0) is 13.5 Å². The third kappa shape index (κ3) is 5.09. The van der Waals surface area contributed by atoms with E-state index in [2.05, 4.69) is 42.9 Å². The first-order valence-electron chi connectivity index (χ1n) is 7.24. The SMILES string of the molecule is CCC1CN(CC(NC(C)C)C(=O)OC)CCN1C. The van der Waals surface area contributed by atoms with Crippen molar-refractivity contribution in [3.8, 4) is 0 Å². The maximum atomic E-state index is 11.8. The van der Waals surface area contributed by atoms with Crippen LogP contribution in [0.15, 0.2) is 0 Å². The summed E-state index contributed by atoms with van der Waals surface area (Å²) in [7, 11) is 3.63. The summed E-state index contributed by atoms with van der Waals surface area (Å²) in [6.07, 6.45) is 1.15. The van der Waals surface area contributed by atoms with Gasteiger partial charge < -0.3 is 15.0 Å². The topological polar surface area (TPSA) is 44.8 Å². The number of carbonyl (C=O) groups excluding carboxylic acids is 1. The van der Waals surface area contributed by atoms with Gasteiger partial charge in [-0.25, -0.2) is 0 Å². The van der Waals surface area contributed by atoms with E-state index < -0.39 is 0 Å². The molecule has 19 heavy (non-hydrogen) atoms. The van der Waals surface area contributed by atoms with E-state index in [1.165, 1.54) is 7.11 Å². The van der Waals surface area contributed by atoms with Crippen LogP contribution in [0.1, 0.15) is 27.2 Å². The van der Waals surface area contributed by atoms with Gasteiger partial charge in [-0.3, -0.25) is 9.69 Å². The van der Waals surface area contributed by atoms with Crippen LogP contribution in [0.25, 0.3) is 0 Å². The molecule has 0 amide bonds. The van der Waals surface area contributed by atoms with E-state index in [1.807, 2.05) is 0 Å². The molecule has 0 aliphatic carbocycles.